The Morgan fingerprint density at radius 1 is 0.784 bits per heavy atom. The first-order chi connectivity index (χ1) is 23.7. The quantitative estimate of drug-likeness (QED) is 0.0773. The minimum Gasteiger partial charge on any atom is -0.394 e. The number of benzene rings is 3. The van der Waals surface area contributed by atoms with Gasteiger partial charge in [0.05, 0.1) is 56.8 Å². The Morgan fingerprint density at radius 3 is 1.67 bits per heavy atom. The molecule has 0 bridgehead atoms. The molecular weight excluding hydrogens is 729 g/mol. The Morgan fingerprint density at radius 2 is 1.24 bits per heavy atom. The molecule has 5 rings (SSSR count). The third-order valence-electron chi connectivity index (χ3n) is 6.60. The monoisotopic (exact) mass is 753 g/mol. The topological polar surface area (TPSA) is 321 Å². The summed E-state index contributed by atoms with van der Waals surface area (Å²) in [5.41, 5.74) is -5.70. The van der Waals surface area contributed by atoms with E-state index < -0.39 is 87.6 Å². The minimum absolute atomic E-state index is 0.0922. The van der Waals surface area contributed by atoms with Gasteiger partial charge in [0.2, 0.25) is 25.9 Å². The first kappa shape index (κ1) is 37.4. The standard InChI is InChI=1S/C17H17N5O7S.C9H7FN4O6S/c1-30(28,29)20-21-16(24)11-7-13(15(22(26)27)8-12(11)19-17(21)25)18-14(9-23)10-5-3-2-4-6-10;1-21(19,20)12-13-8(15)4-2-5(10)7(14(17)18)3-6(4)11-9(13)16/h2-8,14,18,20,23H,9H2,1H3,(H,19,25);2-3,12H,1H3,(H,11,16)/t14-;/m0./s1. The van der Waals surface area contributed by atoms with Crippen molar-refractivity contribution in [2.24, 2.45) is 0 Å². The molecule has 3 aromatic carbocycles. The molecule has 0 amide bonds. The summed E-state index contributed by atoms with van der Waals surface area (Å²) in [6.45, 7) is -0.398. The van der Waals surface area contributed by atoms with E-state index in [2.05, 4.69) is 15.3 Å². The number of H-pyrrole nitrogens is 2. The van der Waals surface area contributed by atoms with Gasteiger partial charge in [-0.1, -0.05) is 30.3 Å². The van der Waals surface area contributed by atoms with Gasteiger partial charge in [0.15, 0.2) is 0 Å². The molecule has 1 atom stereocenters. The number of rotatable bonds is 10. The number of hydrogen-bond donors (Lipinski definition) is 6. The molecule has 0 aliphatic rings. The van der Waals surface area contributed by atoms with Crippen molar-refractivity contribution in [1.29, 1.82) is 0 Å². The molecule has 0 aliphatic heterocycles. The number of nitrogens with one attached hydrogen (secondary N) is 5. The fourth-order valence-electron chi connectivity index (χ4n) is 4.49. The van der Waals surface area contributed by atoms with Crippen molar-refractivity contribution in [3.63, 3.8) is 0 Å². The van der Waals surface area contributed by atoms with Crippen LogP contribution in [0.2, 0.25) is 0 Å². The molecule has 0 aliphatic carbocycles. The van der Waals surface area contributed by atoms with E-state index in [9.17, 15) is 65.7 Å². The highest BCUT2D eigenvalue weighted by Crippen LogP contribution is 2.31. The maximum atomic E-state index is 13.5. The Bertz CT molecular complexity index is 2680. The zero-order chi connectivity index (χ0) is 38.0. The van der Waals surface area contributed by atoms with E-state index >= 15 is 0 Å². The zero-order valence-electron chi connectivity index (χ0n) is 25.8. The van der Waals surface area contributed by atoms with Crippen LogP contribution in [0, 0.1) is 26.0 Å². The number of nitro benzene ring substituents is 2. The second kappa shape index (κ2) is 14.2. The molecule has 5 aromatic rings. The van der Waals surface area contributed by atoms with Crippen LogP contribution in [0.1, 0.15) is 11.6 Å². The van der Waals surface area contributed by atoms with E-state index in [1.54, 1.807) is 40.0 Å². The van der Waals surface area contributed by atoms with Gasteiger partial charge in [0.25, 0.3) is 16.8 Å². The molecule has 22 nitrogen and oxygen atoms in total. The summed E-state index contributed by atoms with van der Waals surface area (Å²) in [7, 11) is -7.88. The van der Waals surface area contributed by atoms with Crippen molar-refractivity contribution in [3.8, 4) is 0 Å². The van der Waals surface area contributed by atoms with Crippen LogP contribution >= 0.6 is 0 Å². The number of aromatic amines is 2. The lowest BCUT2D eigenvalue weighted by atomic mass is 10.1. The number of aliphatic hydroxyl groups is 1. The van der Waals surface area contributed by atoms with Crippen LogP contribution in [-0.2, 0) is 20.0 Å². The molecule has 0 fully saturated rings. The maximum absolute atomic E-state index is 13.5. The molecule has 0 saturated heterocycles. The average Bonchev–Trinajstić information content (AvgIpc) is 3.03. The van der Waals surface area contributed by atoms with Crippen LogP contribution in [0.15, 0.2) is 73.8 Å². The van der Waals surface area contributed by atoms with Gasteiger partial charge in [-0.15, -0.1) is 0 Å². The summed E-state index contributed by atoms with van der Waals surface area (Å²) < 4.78 is 58.9. The fourth-order valence-corrected chi connectivity index (χ4v) is 5.48. The summed E-state index contributed by atoms with van der Waals surface area (Å²) in [4.78, 5) is 76.4. The predicted molar refractivity (Wildman–Crippen MR) is 179 cm³/mol. The van der Waals surface area contributed by atoms with Crippen molar-refractivity contribution in [2.45, 2.75) is 6.04 Å². The van der Waals surface area contributed by atoms with E-state index in [1.165, 1.54) is 0 Å². The first-order valence-electron chi connectivity index (χ1n) is 13.7. The highest BCUT2D eigenvalue weighted by Gasteiger charge is 2.23. The summed E-state index contributed by atoms with van der Waals surface area (Å²) in [5, 5.41) is 34.1. The molecule has 25 heteroatoms. The SMILES string of the molecule is CS(=O)(=O)Nn1c(=O)[nH]c2cc([N+](=O)[O-])c(F)cc2c1=O.CS(=O)(=O)Nn1c(=O)[nH]c2cc([N+](=O)[O-])c(N[C@@H](CO)c3ccccc3)cc2c1=O. The van der Waals surface area contributed by atoms with E-state index in [4.69, 9.17) is 0 Å². The van der Waals surface area contributed by atoms with Gasteiger partial charge in [-0.25, -0.2) is 36.1 Å². The number of fused-ring (bicyclic) bond motifs is 2. The largest absolute Gasteiger partial charge is 0.394 e. The second-order valence-electron chi connectivity index (χ2n) is 10.4. The van der Waals surface area contributed by atoms with Crippen molar-refractivity contribution in [3.05, 3.63) is 128 Å². The van der Waals surface area contributed by atoms with Crippen molar-refractivity contribution < 1.29 is 36.2 Å². The molecule has 0 spiro atoms. The van der Waals surface area contributed by atoms with Crippen LogP contribution in [0.4, 0.5) is 21.5 Å². The van der Waals surface area contributed by atoms with Crippen molar-refractivity contribution in [2.75, 3.05) is 34.1 Å². The molecule has 2 aromatic heterocycles. The van der Waals surface area contributed by atoms with Crippen LogP contribution in [0.25, 0.3) is 21.8 Å². The summed E-state index contributed by atoms with van der Waals surface area (Å²) >= 11 is 0. The molecule has 0 unspecified atom stereocenters. The lowest BCUT2D eigenvalue weighted by molar-refractivity contribution is -0.387. The second-order valence-corrected chi connectivity index (χ2v) is 13.9. The predicted octanol–water partition coefficient (Wildman–Crippen LogP) is -0.513. The molecule has 51 heavy (non-hydrogen) atoms. The Kier molecular flexibility index (Phi) is 10.4. The number of sulfonamides is 2. The number of anilines is 1. The molecule has 0 radical (unpaired) electrons. The third-order valence-corrected chi connectivity index (χ3v) is 7.63. The highest BCUT2D eigenvalue weighted by atomic mass is 32.2. The summed E-state index contributed by atoms with van der Waals surface area (Å²) in [6.07, 6.45) is 1.47. The third kappa shape index (κ3) is 8.58. The fraction of sp³-hybridized carbons (Fsp3) is 0.154. The Hall–Kier alpha value is -6.47. The van der Waals surface area contributed by atoms with Gasteiger partial charge in [-0.05, 0) is 17.7 Å². The van der Waals surface area contributed by atoms with Crippen LogP contribution in [0.5, 0.6) is 0 Å². The summed E-state index contributed by atoms with van der Waals surface area (Å²) in [6, 6.07) is 11.3. The molecule has 2 heterocycles. The lowest BCUT2D eigenvalue weighted by Gasteiger charge is -2.18. The number of halogens is 1. The number of aliphatic hydroxyl groups excluding tert-OH is 1. The highest BCUT2D eigenvalue weighted by molar-refractivity contribution is 7.91. The molecular formula is C26H24FN9O13S2. The number of nitro groups is 2. The van der Waals surface area contributed by atoms with Crippen LogP contribution < -0.4 is 37.5 Å². The van der Waals surface area contributed by atoms with E-state index in [0.29, 0.717) is 24.0 Å². The number of aromatic nitrogens is 4. The van der Waals surface area contributed by atoms with E-state index in [1.807, 2.05) is 0 Å². The molecule has 0 saturated carbocycles. The van der Waals surface area contributed by atoms with Crippen molar-refractivity contribution in [1.82, 2.24) is 19.3 Å². The van der Waals surface area contributed by atoms with Gasteiger partial charge in [-0.3, -0.25) is 29.8 Å². The zero-order valence-corrected chi connectivity index (χ0v) is 27.4. The number of nitrogens with zero attached hydrogens (tertiary/aromatic N) is 4. The average molecular weight is 754 g/mol. The summed E-state index contributed by atoms with van der Waals surface area (Å²) in [5.74, 6) is -1.29. The number of hydrogen-bond acceptors (Lipinski definition) is 14. The van der Waals surface area contributed by atoms with Gasteiger partial charge >= 0.3 is 17.1 Å². The van der Waals surface area contributed by atoms with Crippen molar-refractivity contribution >= 4 is 58.9 Å². The van der Waals surface area contributed by atoms with Gasteiger partial charge < -0.3 is 20.4 Å². The van der Waals surface area contributed by atoms with Crippen LogP contribution in [0.3, 0.4) is 0 Å². The molecule has 270 valence electrons. The van der Waals surface area contributed by atoms with Gasteiger partial charge in [0.1, 0.15) is 5.69 Å². The normalized spacial score (nSPS) is 12.1. The maximum Gasteiger partial charge on any atom is 0.348 e. The smallest absolute Gasteiger partial charge is 0.348 e. The van der Waals surface area contributed by atoms with Gasteiger partial charge in [-0.2, -0.15) is 13.7 Å². The van der Waals surface area contributed by atoms with Crippen LogP contribution in [-0.4, -0.2) is 70.2 Å². The van der Waals surface area contributed by atoms with Gasteiger partial charge in [0, 0.05) is 12.1 Å². The van der Waals surface area contributed by atoms with E-state index in [-0.39, 0.29) is 31.5 Å². The first-order valence-corrected chi connectivity index (χ1v) is 17.5. The van der Waals surface area contributed by atoms with E-state index in [0.717, 1.165) is 18.4 Å². The Balaban J connectivity index is 0.000000244. The lowest BCUT2D eigenvalue weighted by Crippen LogP contribution is -2.43. The Labute approximate surface area is 282 Å². The molecule has 6 N–H and O–H groups in total. The minimum atomic E-state index is -3.95.